The zero-order valence-electron chi connectivity index (χ0n) is 17.7. The average Bonchev–Trinajstić information content (AvgIpc) is 3.03. The number of anilines is 1. The van der Waals surface area contributed by atoms with Gasteiger partial charge in [-0.3, -0.25) is 14.2 Å². The van der Waals surface area contributed by atoms with Gasteiger partial charge in [0.15, 0.2) is 10.6 Å². The molecule has 0 saturated heterocycles. The number of hydrogen-bond acceptors (Lipinski definition) is 5. The minimum absolute atomic E-state index is 0.0880. The molecule has 31 heavy (non-hydrogen) atoms. The van der Waals surface area contributed by atoms with Gasteiger partial charge in [-0.15, -0.1) is 0 Å². The quantitative estimate of drug-likeness (QED) is 0.609. The van der Waals surface area contributed by atoms with E-state index in [0.717, 1.165) is 16.8 Å². The molecule has 1 aliphatic rings. The Bertz CT molecular complexity index is 1360. The van der Waals surface area contributed by atoms with Crippen LogP contribution in [-0.4, -0.2) is 24.4 Å². The Labute approximate surface area is 189 Å². The molecule has 0 saturated carbocycles. The highest BCUT2D eigenvalue weighted by molar-refractivity contribution is 7.07. The van der Waals surface area contributed by atoms with E-state index in [0.29, 0.717) is 25.6 Å². The molecule has 0 bridgehead atoms. The number of thiazole rings is 1. The van der Waals surface area contributed by atoms with Crippen molar-refractivity contribution in [3.8, 4) is 0 Å². The normalized spacial score (nSPS) is 16.2. The van der Waals surface area contributed by atoms with Crippen molar-refractivity contribution in [1.29, 1.82) is 0 Å². The van der Waals surface area contributed by atoms with Gasteiger partial charge in [0, 0.05) is 36.1 Å². The average molecular weight is 452 g/mol. The topological polar surface area (TPSA) is 54.7 Å². The number of Topliss-reactive ketones (excluding diaryl/α,β-unsaturated/α-hetero) is 1. The van der Waals surface area contributed by atoms with Gasteiger partial charge < -0.3 is 4.90 Å². The first-order chi connectivity index (χ1) is 14.8. The molecular weight excluding hydrogens is 430 g/mol. The number of carbonyl (C=O) groups excluding carboxylic acids is 1. The molecule has 3 aromatic rings. The smallest absolute Gasteiger partial charge is 0.271 e. The number of aromatic nitrogens is 1. The summed E-state index contributed by atoms with van der Waals surface area (Å²) in [7, 11) is 3.94. The Morgan fingerprint density at radius 1 is 1.13 bits per heavy atom. The van der Waals surface area contributed by atoms with E-state index in [1.54, 1.807) is 16.7 Å². The number of halogens is 1. The monoisotopic (exact) mass is 451 g/mol. The maximum Gasteiger partial charge on any atom is 0.271 e. The van der Waals surface area contributed by atoms with E-state index in [1.165, 1.54) is 18.3 Å². The maximum absolute atomic E-state index is 13.4. The SMILES string of the molecule is CC(=O)C1=C(C)N=c2s/c(=C/c3ccc(Cl)cc3)c(=O)n2[C@@H]1c1ccc(N(C)C)cc1. The van der Waals surface area contributed by atoms with Gasteiger partial charge in [-0.2, -0.15) is 0 Å². The molecule has 158 valence electrons. The minimum Gasteiger partial charge on any atom is -0.378 e. The summed E-state index contributed by atoms with van der Waals surface area (Å²) in [5, 5.41) is 0.640. The summed E-state index contributed by atoms with van der Waals surface area (Å²) in [4.78, 5) is 33.2. The molecule has 2 heterocycles. The van der Waals surface area contributed by atoms with Crippen molar-refractivity contribution >= 4 is 40.5 Å². The van der Waals surface area contributed by atoms with Gasteiger partial charge in [-0.1, -0.05) is 47.2 Å². The van der Waals surface area contributed by atoms with E-state index < -0.39 is 6.04 Å². The highest BCUT2D eigenvalue weighted by Gasteiger charge is 2.30. The molecule has 7 heteroatoms. The predicted molar refractivity (Wildman–Crippen MR) is 127 cm³/mol. The molecule has 2 aromatic carbocycles. The van der Waals surface area contributed by atoms with Crippen molar-refractivity contribution in [3.05, 3.63) is 95.6 Å². The number of allylic oxidation sites excluding steroid dienone is 2. The van der Waals surface area contributed by atoms with Gasteiger partial charge in [0.05, 0.1) is 10.6 Å². The Balaban J connectivity index is 1.93. The van der Waals surface area contributed by atoms with Crippen molar-refractivity contribution in [3.63, 3.8) is 0 Å². The van der Waals surface area contributed by atoms with Crippen LogP contribution in [-0.2, 0) is 4.79 Å². The molecule has 5 nitrogen and oxygen atoms in total. The highest BCUT2D eigenvalue weighted by Crippen LogP contribution is 2.31. The van der Waals surface area contributed by atoms with Crippen molar-refractivity contribution in [2.75, 3.05) is 19.0 Å². The Kier molecular flexibility index (Phi) is 5.69. The zero-order valence-corrected chi connectivity index (χ0v) is 19.3. The molecule has 1 aromatic heterocycles. The second-order valence-electron chi connectivity index (χ2n) is 7.68. The van der Waals surface area contributed by atoms with Crippen LogP contribution in [0.2, 0.25) is 5.02 Å². The predicted octanol–water partition coefficient (Wildman–Crippen LogP) is 3.54. The fourth-order valence-corrected chi connectivity index (χ4v) is 4.92. The van der Waals surface area contributed by atoms with Crippen LogP contribution in [0.15, 0.2) is 69.6 Å². The molecule has 0 amide bonds. The van der Waals surface area contributed by atoms with Crippen LogP contribution >= 0.6 is 22.9 Å². The van der Waals surface area contributed by atoms with Crippen LogP contribution in [0.3, 0.4) is 0 Å². The molecule has 0 fully saturated rings. The summed E-state index contributed by atoms with van der Waals surface area (Å²) in [5.74, 6) is -0.0880. The van der Waals surface area contributed by atoms with Gasteiger partial charge in [0.2, 0.25) is 0 Å². The Morgan fingerprint density at radius 3 is 2.35 bits per heavy atom. The first-order valence-electron chi connectivity index (χ1n) is 9.82. The molecule has 4 rings (SSSR count). The standard InChI is InChI=1S/C24H22ClN3O2S/c1-14-21(15(2)29)22(17-7-11-19(12-8-17)27(3)4)28-23(30)20(31-24(28)26-14)13-16-5-9-18(25)10-6-16/h5-13,22H,1-4H3/b20-13+/t22-/m1/s1. The van der Waals surface area contributed by atoms with Gasteiger partial charge in [-0.05, 0) is 55.3 Å². The van der Waals surface area contributed by atoms with E-state index >= 15 is 0 Å². The van der Waals surface area contributed by atoms with Crippen molar-refractivity contribution in [1.82, 2.24) is 4.57 Å². The number of fused-ring (bicyclic) bond motifs is 1. The zero-order chi connectivity index (χ0) is 22.3. The van der Waals surface area contributed by atoms with E-state index in [9.17, 15) is 9.59 Å². The fourth-order valence-electron chi connectivity index (χ4n) is 3.75. The number of hydrogen-bond donors (Lipinski definition) is 0. The first-order valence-corrected chi connectivity index (χ1v) is 11.0. The number of carbonyl (C=O) groups is 1. The van der Waals surface area contributed by atoms with Crippen molar-refractivity contribution in [2.24, 2.45) is 4.99 Å². The molecule has 0 spiro atoms. The van der Waals surface area contributed by atoms with Gasteiger partial charge in [0.1, 0.15) is 0 Å². The lowest BCUT2D eigenvalue weighted by Gasteiger charge is -2.25. The van der Waals surface area contributed by atoms with Crippen LogP contribution in [0.5, 0.6) is 0 Å². The van der Waals surface area contributed by atoms with Crippen LogP contribution in [0.4, 0.5) is 5.69 Å². The van der Waals surface area contributed by atoms with Gasteiger partial charge in [0.25, 0.3) is 5.56 Å². The Morgan fingerprint density at radius 2 is 1.77 bits per heavy atom. The van der Waals surface area contributed by atoms with Crippen molar-refractivity contribution in [2.45, 2.75) is 19.9 Å². The molecule has 0 radical (unpaired) electrons. The number of nitrogens with zero attached hydrogens (tertiary/aromatic N) is 3. The van der Waals surface area contributed by atoms with E-state index in [4.69, 9.17) is 11.6 Å². The third-order valence-corrected chi connectivity index (χ3v) is 6.53. The lowest BCUT2D eigenvalue weighted by atomic mass is 9.93. The maximum atomic E-state index is 13.4. The van der Waals surface area contributed by atoms with Crippen LogP contribution in [0.1, 0.15) is 31.0 Å². The molecule has 1 atom stereocenters. The van der Waals surface area contributed by atoms with Crippen molar-refractivity contribution < 1.29 is 4.79 Å². The summed E-state index contributed by atoms with van der Waals surface area (Å²) in [6.45, 7) is 3.35. The summed E-state index contributed by atoms with van der Waals surface area (Å²) in [5.41, 5.74) is 3.83. The number of rotatable bonds is 4. The minimum atomic E-state index is -0.502. The lowest BCUT2D eigenvalue weighted by Crippen LogP contribution is -2.39. The van der Waals surface area contributed by atoms with Crippen LogP contribution in [0.25, 0.3) is 6.08 Å². The summed E-state index contributed by atoms with van der Waals surface area (Å²) in [6.07, 6.45) is 1.83. The van der Waals surface area contributed by atoms with Crippen LogP contribution < -0.4 is 19.8 Å². The number of benzene rings is 2. The fraction of sp³-hybridized carbons (Fsp3) is 0.208. The van der Waals surface area contributed by atoms with Gasteiger partial charge in [-0.25, -0.2) is 4.99 Å². The molecule has 0 N–H and O–H groups in total. The third kappa shape index (κ3) is 4.01. The first kappa shape index (κ1) is 21.3. The second kappa shape index (κ2) is 8.29. The second-order valence-corrected chi connectivity index (χ2v) is 9.12. The van der Waals surface area contributed by atoms with E-state index in [1.807, 2.05) is 68.4 Å². The molecular formula is C24H22ClN3O2S. The third-order valence-electron chi connectivity index (χ3n) is 5.29. The highest BCUT2D eigenvalue weighted by atomic mass is 35.5. The summed E-state index contributed by atoms with van der Waals surface area (Å²) >= 11 is 7.30. The van der Waals surface area contributed by atoms with E-state index in [-0.39, 0.29) is 11.3 Å². The molecule has 0 unspecified atom stereocenters. The largest absolute Gasteiger partial charge is 0.378 e. The molecule has 0 aliphatic carbocycles. The summed E-state index contributed by atoms with van der Waals surface area (Å²) < 4.78 is 2.20. The summed E-state index contributed by atoms with van der Waals surface area (Å²) in [6, 6.07) is 14.7. The van der Waals surface area contributed by atoms with E-state index in [2.05, 4.69) is 4.99 Å². The Hall–Kier alpha value is -2.96. The number of ketones is 1. The molecule has 1 aliphatic heterocycles. The van der Waals surface area contributed by atoms with Crippen LogP contribution in [0, 0.1) is 0 Å². The van der Waals surface area contributed by atoms with Gasteiger partial charge >= 0.3 is 0 Å². The lowest BCUT2D eigenvalue weighted by molar-refractivity contribution is -0.114.